The fraction of sp³-hybridized carbons (Fsp3) is 0.222. The molecular weight excluding hydrogens is 238 g/mol. The molecule has 2 aromatic rings. The largest absolute Gasteiger partial charge is 0.204 e. The number of hydrogen-bond donors (Lipinski definition) is 0. The van der Waals surface area contributed by atoms with Gasteiger partial charge in [-0.2, -0.15) is 4.68 Å². The summed E-state index contributed by atoms with van der Waals surface area (Å²) in [6.45, 7) is 1.68. The molecule has 4 nitrogen and oxygen atoms in total. The van der Waals surface area contributed by atoms with Gasteiger partial charge in [-0.1, -0.05) is 0 Å². The predicted octanol–water partition coefficient (Wildman–Crippen LogP) is 2.24. The Morgan fingerprint density at radius 3 is 2.69 bits per heavy atom. The van der Waals surface area contributed by atoms with Crippen molar-refractivity contribution in [3.05, 3.63) is 35.7 Å². The van der Waals surface area contributed by atoms with E-state index in [0.717, 1.165) is 12.1 Å². The summed E-state index contributed by atoms with van der Waals surface area (Å²) in [4.78, 5) is 0. The Balaban J connectivity index is 2.50. The van der Waals surface area contributed by atoms with Gasteiger partial charge in [-0.25, -0.2) is 8.78 Å². The van der Waals surface area contributed by atoms with Crippen LogP contribution in [0.25, 0.3) is 5.69 Å². The standard InChI is InChI=1S/C9H7ClF2N4/c1-5(10)9-13-14-15-16(9)6-2-3-7(11)8(12)4-6/h2-5H,1H3. The second kappa shape index (κ2) is 4.13. The van der Waals surface area contributed by atoms with Crippen LogP contribution in [-0.4, -0.2) is 20.2 Å². The molecule has 0 bridgehead atoms. The maximum absolute atomic E-state index is 13.0. The molecule has 0 saturated heterocycles. The van der Waals surface area contributed by atoms with E-state index in [4.69, 9.17) is 11.6 Å². The molecule has 84 valence electrons. The normalized spacial score (nSPS) is 12.8. The molecule has 0 aliphatic carbocycles. The minimum atomic E-state index is -0.957. The summed E-state index contributed by atoms with van der Waals surface area (Å²) in [6, 6.07) is 3.39. The average Bonchev–Trinajstić information content (AvgIpc) is 2.71. The second-order valence-electron chi connectivity index (χ2n) is 3.16. The molecule has 1 atom stereocenters. The summed E-state index contributed by atoms with van der Waals surface area (Å²) in [5.74, 6) is -1.51. The second-order valence-corrected chi connectivity index (χ2v) is 3.82. The van der Waals surface area contributed by atoms with E-state index in [1.807, 2.05) is 0 Å². The van der Waals surface area contributed by atoms with Gasteiger partial charge in [0.2, 0.25) is 0 Å². The number of tetrazole rings is 1. The van der Waals surface area contributed by atoms with Gasteiger partial charge in [0.25, 0.3) is 0 Å². The van der Waals surface area contributed by atoms with Crippen molar-refractivity contribution in [2.45, 2.75) is 12.3 Å². The quantitative estimate of drug-likeness (QED) is 0.761. The van der Waals surface area contributed by atoms with Crippen LogP contribution in [-0.2, 0) is 0 Å². The number of rotatable bonds is 2. The first kappa shape index (κ1) is 10.9. The van der Waals surface area contributed by atoms with Crippen LogP contribution in [0, 0.1) is 11.6 Å². The van der Waals surface area contributed by atoms with E-state index in [9.17, 15) is 8.78 Å². The third-order valence-electron chi connectivity index (χ3n) is 2.00. The minimum absolute atomic E-state index is 0.325. The van der Waals surface area contributed by atoms with Gasteiger partial charge in [0.05, 0.1) is 11.1 Å². The van der Waals surface area contributed by atoms with Crippen LogP contribution < -0.4 is 0 Å². The van der Waals surface area contributed by atoms with Crippen LogP contribution in [0.3, 0.4) is 0 Å². The van der Waals surface area contributed by atoms with E-state index in [1.165, 1.54) is 10.7 Å². The predicted molar refractivity (Wildman–Crippen MR) is 53.3 cm³/mol. The van der Waals surface area contributed by atoms with Crippen LogP contribution >= 0.6 is 11.6 Å². The molecule has 0 fully saturated rings. The van der Waals surface area contributed by atoms with Gasteiger partial charge in [-0.15, -0.1) is 16.7 Å². The summed E-state index contributed by atoms with van der Waals surface area (Å²) < 4.78 is 27.0. The fourth-order valence-corrected chi connectivity index (χ4v) is 1.38. The smallest absolute Gasteiger partial charge is 0.174 e. The first-order chi connectivity index (χ1) is 7.59. The number of alkyl halides is 1. The maximum atomic E-state index is 13.0. The lowest BCUT2D eigenvalue weighted by atomic mass is 10.3. The van der Waals surface area contributed by atoms with E-state index >= 15 is 0 Å². The fourth-order valence-electron chi connectivity index (χ4n) is 1.24. The highest BCUT2D eigenvalue weighted by Crippen LogP contribution is 2.20. The Morgan fingerprint density at radius 2 is 2.06 bits per heavy atom. The zero-order valence-electron chi connectivity index (χ0n) is 8.23. The summed E-state index contributed by atoms with van der Waals surface area (Å²) in [5, 5.41) is 10.4. The Hall–Kier alpha value is -1.56. The first-order valence-corrected chi connectivity index (χ1v) is 4.91. The minimum Gasteiger partial charge on any atom is -0.204 e. The summed E-state index contributed by atoms with van der Waals surface area (Å²) in [5.41, 5.74) is 0.325. The molecule has 7 heteroatoms. The zero-order chi connectivity index (χ0) is 11.7. The summed E-state index contributed by atoms with van der Waals surface area (Å²) in [6.07, 6.45) is 0. The van der Waals surface area contributed by atoms with Crippen molar-refractivity contribution in [2.75, 3.05) is 0 Å². The lowest BCUT2D eigenvalue weighted by Gasteiger charge is -2.05. The number of hydrogen-bond acceptors (Lipinski definition) is 3. The van der Waals surface area contributed by atoms with Crippen LogP contribution in [0.2, 0.25) is 0 Å². The molecule has 0 radical (unpaired) electrons. The van der Waals surface area contributed by atoms with E-state index in [2.05, 4.69) is 15.5 Å². The number of aromatic nitrogens is 4. The van der Waals surface area contributed by atoms with Crippen LogP contribution in [0.4, 0.5) is 8.78 Å². The maximum Gasteiger partial charge on any atom is 0.174 e. The van der Waals surface area contributed by atoms with Gasteiger partial charge in [0, 0.05) is 6.07 Å². The zero-order valence-corrected chi connectivity index (χ0v) is 8.99. The van der Waals surface area contributed by atoms with Gasteiger partial charge < -0.3 is 0 Å². The Morgan fingerprint density at radius 1 is 1.31 bits per heavy atom. The van der Waals surface area contributed by atoms with E-state index < -0.39 is 17.0 Å². The molecular formula is C9H7ClF2N4. The highest BCUT2D eigenvalue weighted by Gasteiger charge is 2.14. The van der Waals surface area contributed by atoms with Crippen molar-refractivity contribution in [1.82, 2.24) is 20.2 Å². The molecule has 1 aromatic heterocycles. The first-order valence-electron chi connectivity index (χ1n) is 4.47. The molecule has 1 aromatic carbocycles. The van der Waals surface area contributed by atoms with E-state index in [1.54, 1.807) is 6.92 Å². The van der Waals surface area contributed by atoms with Gasteiger partial charge in [-0.3, -0.25) is 0 Å². The monoisotopic (exact) mass is 244 g/mol. The van der Waals surface area contributed by atoms with Crippen molar-refractivity contribution < 1.29 is 8.78 Å². The number of benzene rings is 1. The lowest BCUT2D eigenvalue weighted by Crippen LogP contribution is -2.04. The molecule has 1 unspecified atom stereocenters. The molecule has 16 heavy (non-hydrogen) atoms. The van der Waals surface area contributed by atoms with Crippen LogP contribution in [0.1, 0.15) is 18.1 Å². The third-order valence-corrected chi connectivity index (χ3v) is 2.19. The van der Waals surface area contributed by atoms with Crippen LogP contribution in [0.15, 0.2) is 18.2 Å². The average molecular weight is 245 g/mol. The van der Waals surface area contributed by atoms with E-state index in [0.29, 0.717) is 11.5 Å². The molecule has 1 heterocycles. The summed E-state index contributed by atoms with van der Waals surface area (Å²) in [7, 11) is 0. The van der Waals surface area contributed by atoms with Crippen molar-refractivity contribution >= 4 is 11.6 Å². The molecule has 0 spiro atoms. The number of nitrogens with zero attached hydrogens (tertiary/aromatic N) is 4. The molecule has 0 N–H and O–H groups in total. The van der Waals surface area contributed by atoms with Gasteiger partial charge >= 0.3 is 0 Å². The Bertz CT molecular complexity index is 512. The van der Waals surface area contributed by atoms with Gasteiger partial charge in [0.1, 0.15) is 0 Å². The number of halogens is 3. The van der Waals surface area contributed by atoms with Crippen molar-refractivity contribution in [3.8, 4) is 5.69 Å². The van der Waals surface area contributed by atoms with Crippen molar-refractivity contribution in [3.63, 3.8) is 0 Å². The van der Waals surface area contributed by atoms with Crippen molar-refractivity contribution in [1.29, 1.82) is 0 Å². The van der Waals surface area contributed by atoms with E-state index in [-0.39, 0.29) is 0 Å². The lowest BCUT2D eigenvalue weighted by molar-refractivity contribution is 0.507. The summed E-state index contributed by atoms with van der Waals surface area (Å²) >= 11 is 5.84. The highest BCUT2D eigenvalue weighted by atomic mass is 35.5. The van der Waals surface area contributed by atoms with Crippen LogP contribution in [0.5, 0.6) is 0 Å². The van der Waals surface area contributed by atoms with Crippen molar-refractivity contribution in [2.24, 2.45) is 0 Å². The molecule has 0 amide bonds. The molecule has 0 aliphatic rings. The molecule has 2 rings (SSSR count). The Labute approximate surface area is 94.8 Å². The molecule has 0 saturated carbocycles. The SMILES string of the molecule is CC(Cl)c1nnnn1-c1ccc(F)c(F)c1. The van der Waals surface area contributed by atoms with Gasteiger partial charge in [-0.05, 0) is 29.5 Å². The topological polar surface area (TPSA) is 43.6 Å². The Kier molecular flexibility index (Phi) is 2.82. The highest BCUT2D eigenvalue weighted by molar-refractivity contribution is 6.20. The third kappa shape index (κ3) is 1.88. The molecule has 0 aliphatic heterocycles. The van der Waals surface area contributed by atoms with Gasteiger partial charge in [0.15, 0.2) is 17.5 Å².